The van der Waals surface area contributed by atoms with Gasteiger partial charge in [0.25, 0.3) is 5.91 Å². The first kappa shape index (κ1) is 25.6. The van der Waals surface area contributed by atoms with Crippen LogP contribution in [-0.4, -0.2) is 73.5 Å². The smallest absolute Gasteiger partial charge is 0.265 e. The molecule has 0 unspecified atom stereocenters. The van der Waals surface area contributed by atoms with E-state index in [-0.39, 0.29) is 5.91 Å². The number of carbonyl (C=O) groups excluding carboxylic acids is 1. The third kappa shape index (κ3) is 5.77. The van der Waals surface area contributed by atoms with Gasteiger partial charge < -0.3 is 20.4 Å². The molecule has 3 aromatic heterocycles. The Hall–Kier alpha value is -3.05. The Morgan fingerprint density at radius 2 is 2.03 bits per heavy atom. The van der Waals surface area contributed by atoms with Crippen molar-refractivity contribution in [3.05, 3.63) is 57.4 Å². The van der Waals surface area contributed by atoms with Crippen LogP contribution in [0.25, 0.3) is 10.2 Å². The number of amides is 1. The van der Waals surface area contributed by atoms with E-state index in [1.807, 2.05) is 54.7 Å². The average molecular weight is 536 g/mol. The number of aromatic nitrogens is 2. The van der Waals surface area contributed by atoms with Gasteiger partial charge in [0.05, 0.1) is 21.6 Å². The summed E-state index contributed by atoms with van der Waals surface area (Å²) in [5.74, 6) is 0.707. The zero-order valence-electron chi connectivity index (χ0n) is 21.7. The molecule has 0 spiro atoms. The van der Waals surface area contributed by atoms with Crippen molar-refractivity contribution in [2.45, 2.75) is 19.4 Å². The summed E-state index contributed by atoms with van der Waals surface area (Å²) in [6, 6.07) is 9.72. The number of rotatable bonds is 9. The predicted octanol–water partition coefficient (Wildman–Crippen LogP) is 5.12. The highest BCUT2D eigenvalue weighted by Gasteiger charge is 2.24. The first-order valence-electron chi connectivity index (χ1n) is 12.4. The fourth-order valence-electron chi connectivity index (χ4n) is 4.71. The molecule has 0 bridgehead atoms. The van der Waals surface area contributed by atoms with Gasteiger partial charge in [0.2, 0.25) is 0 Å². The van der Waals surface area contributed by atoms with E-state index in [1.165, 1.54) is 28.2 Å². The van der Waals surface area contributed by atoms with Crippen molar-refractivity contribution in [1.82, 2.24) is 19.8 Å². The first-order chi connectivity index (χ1) is 17.9. The number of nitrogens with one attached hydrogen (secondary N) is 2. The van der Waals surface area contributed by atoms with Gasteiger partial charge in [0, 0.05) is 37.7 Å². The van der Waals surface area contributed by atoms with E-state index in [1.54, 1.807) is 17.7 Å². The lowest BCUT2D eigenvalue weighted by molar-refractivity contribution is 0.103. The molecule has 194 valence electrons. The summed E-state index contributed by atoms with van der Waals surface area (Å²) in [5, 5.41) is 9.64. The molecule has 0 saturated heterocycles. The SMILES string of the molecule is CN(C)CCCN1CCc2c(sc3ncnc(Nc4ccc(N(C)C)c(NC(=O)c5cccs5)c4)c23)C1. The predicted molar refractivity (Wildman–Crippen MR) is 156 cm³/mol. The number of benzene rings is 1. The largest absolute Gasteiger partial charge is 0.376 e. The Bertz CT molecular complexity index is 1380. The summed E-state index contributed by atoms with van der Waals surface area (Å²) < 4.78 is 0. The van der Waals surface area contributed by atoms with Gasteiger partial charge in [0.15, 0.2) is 0 Å². The second-order valence-corrected chi connectivity index (χ2v) is 11.8. The van der Waals surface area contributed by atoms with E-state index in [4.69, 9.17) is 0 Å². The van der Waals surface area contributed by atoms with Crippen molar-refractivity contribution in [3.8, 4) is 0 Å². The van der Waals surface area contributed by atoms with Crippen molar-refractivity contribution < 1.29 is 4.79 Å². The second-order valence-electron chi connectivity index (χ2n) is 9.77. The number of anilines is 4. The van der Waals surface area contributed by atoms with Crippen LogP contribution in [0, 0.1) is 0 Å². The van der Waals surface area contributed by atoms with Crippen LogP contribution < -0.4 is 15.5 Å². The fourth-order valence-corrected chi connectivity index (χ4v) is 6.56. The molecule has 4 aromatic rings. The number of hydrogen-bond acceptors (Lipinski definition) is 9. The standard InChI is InChI=1S/C27H33N7OS2/c1-32(2)11-6-12-34-13-10-19-23(16-34)37-27-24(19)25(28-17-29-27)30-18-8-9-21(33(3)4)20(15-18)31-26(35)22-7-5-14-36-22/h5,7-9,14-15,17H,6,10-13,16H2,1-4H3,(H,31,35)(H,28,29,30). The molecule has 5 rings (SSSR count). The van der Waals surface area contributed by atoms with E-state index in [0.29, 0.717) is 4.88 Å². The molecule has 0 aliphatic carbocycles. The zero-order valence-corrected chi connectivity index (χ0v) is 23.4. The van der Waals surface area contributed by atoms with Crippen LogP contribution in [0.3, 0.4) is 0 Å². The zero-order chi connectivity index (χ0) is 25.9. The van der Waals surface area contributed by atoms with Gasteiger partial charge in [-0.2, -0.15) is 0 Å². The monoisotopic (exact) mass is 535 g/mol. The van der Waals surface area contributed by atoms with E-state index >= 15 is 0 Å². The maximum absolute atomic E-state index is 12.8. The molecular formula is C27H33N7OS2. The van der Waals surface area contributed by atoms with E-state index in [0.717, 1.165) is 65.7 Å². The molecule has 8 nitrogen and oxygen atoms in total. The number of hydrogen-bond donors (Lipinski definition) is 2. The molecule has 1 amide bonds. The Morgan fingerprint density at radius 1 is 1.16 bits per heavy atom. The average Bonchev–Trinajstić information content (AvgIpc) is 3.52. The quantitative estimate of drug-likeness (QED) is 0.308. The molecule has 0 fully saturated rings. The molecule has 1 aliphatic heterocycles. The Labute approximate surface area is 225 Å². The van der Waals surface area contributed by atoms with E-state index < -0.39 is 0 Å². The van der Waals surface area contributed by atoms with Crippen molar-refractivity contribution in [2.75, 3.05) is 63.4 Å². The van der Waals surface area contributed by atoms with Gasteiger partial charge in [-0.25, -0.2) is 9.97 Å². The van der Waals surface area contributed by atoms with Crippen molar-refractivity contribution in [2.24, 2.45) is 0 Å². The Morgan fingerprint density at radius 3 is 2.78 bits per heavy atom. The van der Waals surface area contributed by atoms with Gasteiger partial charge >= 0.3 is 0 Å². The molecule has 37 heavy (non-hydrogen) atoms. The van der Waals surface area contributed by atoms with E-state index in [2.05, 4.69) is 44.5 Å². The normalized spacial score (nSPS) is 13.6. The van der Waals surface area contributed by atoms with E-state index in [9.17, 15) is 4.79 Å². The second kappa shape index (κ2) is 11.1. The minimum Gasteiger partial charge on any atom is -0.376 e. The van der Waals surface area contributed by atoms with Gasteiger partial charge in [-0.3, -0.25) is 9.69 Å². The lowest BCUT2D eigenvalue weighted by atomic mass is 10.0. The number of carbonyl (C=O) groups is 1. The molecule has 4 heterocycles. The molecule has 0 saturated carbocycles. The highest BCUT2D eigenvalue weighted by Crippen LogP contribution is 2.39. The highest BCUT2D eigenvalue weighted by molar-refractivity contribution is 7.19. The fraction of sp³-hybridized carbons (Fsp3) is 0.370. The van der Waals surface area contributed by atoms with Gasteiger partial charge in [-0.15, -0.1) is 22.7 Å². The van der Waals surface area contributed by atoms with Crippen LogP contribution in [0.2, 0.25) is 0 Å². The third-order valence-electron chi connectivity index (χ3n) is 6.53. The summed E-state index contributed by atoms with van der Waals surface area (Å²) in [7, 11) is 8.20. The Balaban J connectivity index is 1.39. The van der Waals surface area contributed by atoms with Crippen LogP contribution in [-0.2, 0) is 13.0 Å². The summed E-state index contributed by atoms with van der Waals surface area (Å²) >= 11 is 3.21. The summed E-state index contributed by atoms with van der Waals surface area (Å²) in [6.45, 7) is 4.25. The Kier molecular flexibility index (Phi) is 7.71. The lowest BCUT2D eigenvalue weighted by Gasteiger charge is -2.27. The van der Waals surface area contributed by atoms with Crippen LogP contribution in [0.4, 0.5) is 22.9 Å². The number of thiophene rings is 2. The molecular weight excluding hydrogens is 502 g/mol. The summed E-state index contributed by atoms with van der Waals surface area (Å²) in [4.78, 5) is 31.9. The van der Waals surface area contributed by atoms with Gasteiger partial charge in [-0.05, 0) is 75.2 Å². The molecule has 10 heteroatoms. The van der Waals surface area contributed by atoms with Crippen LogP contribution in [0.15, 0.2) is 42.0 Å². The summed E-state index contributed by atoms with van der Waals surface area (Å²) in [5.41, 5.74) is 3.92. The van der Waals surface area contributed by atoms with Crippen LogP contribution in [0.1, 0.15) is 26.5 Å². The molecule has 1 aliphatic rings. The molecule has 0 atom stereocenters. The minimum absolute atomic E-state index is 0.110. The van der Waals surface area contributed by atoms with Gasteiger partial charge in [-0.1, -0.05) is 6.07 Å². The molecule has 0 radical (unpaired) electrons. The number of nitrogens with zero attached hydrogens (tertiary/aromatic N) is 5. The van der Waals surface area contributed by atoms with Crippen LogP contribution >= 0.6 is 22.7 Å². The number of fused-ring (bicyclic) bond motifs is 3. The maximum atomic E-state index is 12.8. The molecule has 1 aromatic carbocycles. The van der Waals surface area contributed by atoms with Crippen molar-refractivity contribution in [3.63, 3.8) is 0 Å². The third-order valence-corrected chi connectivity index (χ3v) is 8.52. The van der Waals surface area contributed by atoms with Gasteiger partial charge in [0.1, 0.15) is 17.0 Å². The summed E-state index contributed by atoms with van der Waals surface area (Å²) in [6.07, 6.45) is 3.81. The highest BCUT2D eigenvalue weighted by atomic mass is 32.1. The minimum atomic E-state index is -0.110. The topological polar surface area (TPSA) is 76.6 Å². The van der Waals surface area contributed by atoms with Crippen LogP contribution in [0.5, 0.6) is 0 Å². The maximum Gasteiger partial charge on any atom is 0.265 e. The molecule has 2 N–H and O–H groups in total. The lowest BCUT2D eigenvalue weighted by Crippen LogP contribution is -2.32. The van der Waals surface area contributed by atoms with Crippen molar-refractivity contribution in [1.29, 1.82) is 0 Å². The first-order valence-corrected chi connectivity index (χ1v) is 14.1. The van der Waals surface area contributed by atoms with Crippen molar-refractivity contribution >= 4 is 61.7 Å².